The second-order valence-electron chi connectivity index (χ2n) is 5.80. The minimum absolute atomic E-state index is 0.244. The van der Waals surface area contributed by atoms with Gasteiger partial charge in [-0.1, -0.05) is 11.6 Å². The molecule has 1 unspecified atom stereocenters. The number of hydrogen-bond donors (Lipinski definition) is 1. The Bertz CT molecular complexity index is 507. The number of likely N-dealkylation sites (tertiary alicyclic amines) is 1. The molecule has 1 amide bonds. The van der Waals surface area contributed by atoms with Gasteiger partial charge in [0.1, 0.15) is 5.75 Å². The molecule has 1 atom stereocenters. The highest BCUT2D eigenvalue weighted by molar-refractivity contribution is 6.31. The Balaban J connectivity index is 1.71. The number of rotatable bonds is 7. The summed E-state index contributed by atoms with van der Waals surface area (Å²) in [7, 11) is 1.93. The lowest BCUT2D eigenvalue weighted by Gasteiger charge is -2.24. The van der Waals surface area contributed by atoms with Crippen LogP contribution < -0.4 is 10.1 Å². The fraction of sp³-hybridized carbons (Fsp3) is 0.588. The van der Waals surface area contributed by atoms with Crippen LogP contribution in [0.25, 0.3) is 0 Å². The van der Waals surface area contributed by atoms with E-state index >= 15 is 0 Å². The zero-order valence-electron chi connectivity index (χ0n) is 13.4. The van der Waals surface area contributed by atoms with Gasteiger partial charge in [-0.3, -0.25) is 4.79 Å². The van der Waals surface area contributed by atoms with E-state index in [0.717, 1.165) is 48.7 Å². The smallest absolute Gasteiger partial charge is 0.222 e. The minimum atomic E-state index is 0.244. The zero-order chi connectivity index (χ0) is 15.9. The molecule has 0 aliphatic carbocycles. The Morgan fingerprint density at radius 1 is 1.50 bits per heavy atom. The highest BCUT2D eigenvalue weighted by Gasteiger charge is 2.27. The number of halogens is 1. The summed E-state index contributed by atoms with van der Waals surface area (Å²) in [6, 6.07) is 5.98. The van der Waals surface area contributed by atoms with Gasteiger partial charge < -0.3 is 15.0 Å². The maximum absolute atomic E-state index is 12.3. The lowest BCUT2D eigenvalue weighted by Crippen LogP contribution is -2.40. The molecule has 1 N–H and O–H groups in total. The average molecular weight is 325 g/mol. The van der Waals surface area contributed by atoms with E-state index in [1.807, 2.05) is 37.1 Å². The van der Waals surface area contributed by atoms with Crippen LogP contribution in [0, 0.1) is 6.92 Å². The largest absolute Gasteiger partial charge is 0.494 e. The Hall–Kier alpha value is -1.26. The van der Waals surface area contributed by atoms with Crippen LogP contribution in [-0.4, -0.2) is 43.6 Å². The average Bonchev–Trinajstić information content (AvgIpc) is 2.96. The molecule has 1 aliphatic heterocycles. The monoisotopic (exact) mass is 324 g/mol. The normalized spacial score (nSPS) is 17.8. The summed E-state index contributed by atoms with van der Waals surface area (Å²) >= 11 is 5.98. The Labute approximate surface area is 137 Å². The molecule has 0 radical (unpaired) electrons. The first kappa shape index (κ1) is 17.1. The van der Waals surface area contributed by atoms with Gasteiger partial charge in [0.05, 0.1) is 6.61 Å². The molecule has 2 rings (SSSR count). The van der Waals surface area contributed by atoms with E-state index in [-0.39, 0.29) is 5.91 Å². The second-order valence-corrected chi connectivity index (χ2v) is 6.21. The predicted molar refractivity (Wildman–Crippen MR) is 89.6 cm³/mol. The van der Waals surface area contributed by atoms with Gasteiger partial charge in [0.2, 0.25) is 5.91 Å². The van der Waals surface area contributed by atoms with Gasteiger partial charge in [-0.25, -0.2) is 0 Å². The van der Waals surface area contributed by atoms with Gasteiger partial charge in [-0.2, -0.15) is 0 Å². The molecule has 0 spiro atoms. The molecule has 1 heterocycles. The minimum Gasteiger partial charge on any atom is -0.494 e. The van der Waals surface area contributed by atoms with Crippen molar-refractivity contribution in [3.05, 3.63) is 28.8 Å². The van der Waals surface area contributed by atoms with Crippen LogP contribution in [0.4, 0.5) is 0 Å². The standard InChI is InChI=1S/C17H25ClN2O2/c1-13-11-15(7-8-16(13)18)22-10-4-6-17(21)20-9-3-5-14(20)12-19-2/h7-8,11,14,19H,3-6,9-10,12H2,1-2H3. The van der Waals surface area contributed by atoms with Gasteiger partial charge in [0.25, 0.3) is 0 Å². The molecule has 0 saturated carbocycles. The summed E-state index contributed by atoms with van der Waals surface area (Å²) in [5.41, 5.74) is 1.00. The van der Waals surface area contributed by atoms with E-state index in [1.165, 1.54) is 0 Å². The summed E-state index contributed by atoms with van der Waals surface area (Å²) in [6.45, 7) is 4.28. The van der Waals surface area contributed by atoms with Gasteiger partial charge >= 0.3 is 0 Å². The lowest BCUT2D eigenvalue weighted by molar-refractivity contribution is -0.132. The molecule has 1 saturated heterocycles. The summed E-state index contributed by atoms with van der Waals surface area (Å²) < 4.78 is 5.69. The number of nitrogens with one attached hydrogen (secondary N) is 1. The van der Waals surface area contributed by atoms with Crippen molar-refractivity contribution >= 4 is 17.5 Å². The number of likely N-dealkylation sites (N-methyl/N-ethyl adjacent to an activating group) is 1. The van der Waals surface area contributed by atoms with E-state index < -0.39 is 0 Å². The summed E-state index contributed by atoms with van der Waals surface area (Å²) in [5.74, 6) is 1.05. The number of carbonyl (C=O) groups excluding carboxylic acids is 1. The van der Waals surface area contributed by atoms with Crippen LogP contribution in [-0.2, 0) is 4.79 Å². The molecule has 0 aromatic heterocycles. The van der Waals surface area contributed by atoms with Crippen LogP contribution in [0.1, 0.15) is 31.2 Å². The first-order valence-electron chi connectivity index (χ1n) is 7.95. The summed E-state index contributed by atoms with van der Waals surface area (Å²) in [4.78, 5) is 14.3. The second kappa shape index (κ2) is 8.39. The number of nitrogens with zero attached hydrogens (tertiary/aromatic N) is 1. The zero-order valence-corrected chi connectivity index (χ0v) is 14.2. The third-order valence-electron chi connectivity index (χ3n) is 4.07. The maximum Gasteiger partial charge on any atom is 0.222 e. The Morgan fingerprint density at radius 3 is 3.05 bits per heavy atom. The molecular weight excluding hydrogens is 300 g/mol. The van der Waals surface area contributed by atoms with Crippen molar-refractivity contribution in [3.63, 3.8) is 0 Å². The Kier molecular flexibility index (Phi) is 6.52. The lowest BCUT2D eigenvalue weighted by atomic mass is 10.2. The third-order valence-corrected chi connectivity index (χ3v) is 4.49. The van der Waals surface area contributed by atoms with Crippen LogP contribution in [0.3, 0.4) is 0 Å². The molecule has 22 heavy (non-hydrogen) atoms. The van der Waals surface area contributed by atoms with E-state index in [2.05, 4.69) is 5.32 Å². The van der Waals surface area contributed by atoms with Crippen molar-refractivity contribution in [2.24, 2.45) is 0 Å². The van der Waals surface area contributed by atoms with Gasteiger partial charge in [0, 0.05) is 30.6 Å². The van der Waals surface area contributed by atoms with Crippen molar-refractivity contribution in [1.82, 2.24) is 10.2 Å². The summed E-state index contributed by atoms with van der Waals surface area (Å²) in [5, 5.41) is 3.91. The van der Waals surface area contributed by atoms with E-state index in [0.29, 0.717) is 19.1 Å². The molecular formula is C17H25ClN2O2. The van der Waals surface area contributed by atoms with Crippen molar-refractivity contribution in [2.45, 2.75) is 38.6 Å². The van der Waals surface area contributed by atoms with Gasteiger partial charge in [-0.15, -0.1) is 0 Å². The number of hydrogen-bond acceptors (Lipinski definition) is 3. The van der Waals surface area contributed by atoms with Crippen molar-refractivity contribution in [2.75, 3.05) is 26.7 Å². The molecule has 122 valence electrons. The quantitative estimate of drug-likeness (QED) is 0.784. The van der Waals surface area contributed by atoms with Crippen LogP contribution in [0.15, 0.2) is 18.2 Å². The molecule has 1 aliphatic rings. The predicted octanol–water partition coefficient (Wildman–Crippen LogP) is 3.02. The maximum atomic E-state index is 12.3. The molecule has 4 nitrogen and oxygen atoms in total. The van der Waals surface area contributed by atoms with Gasteiger partial charge in [0.15, 0.2) is 0 Å². The highest BCUT2D eigenvalue weighted by atomic mass is 35.5. The summed E-state index contributed by atoms with van der Waals surface area (Å²) in [6.07, 6.45) is 3.50. The SMILES string of the molecule is CNCC1CCCN1C(=O)CCCOc1ccc(Cl)c(C)c1. The fourth-order valence-electron chi connectivity index (χ4n) is 2.88. The number of aryl methyl sites for hydroxylation is 1. The van der Waals surface area contributed by atoms with E-state index in [4.69, 9.17) is 16.3 Å². The van der Waals surface area contributed by atoms with Crippen molar-refractivity contribution in [3.8, 4) is 5.75 Å². The highest BCUT2D eigenvalue weighted by Crippen LogP contribution is 2.21. The molecule has 5 heteroatoms. The fourth-order valence-corrected chi connectivity index (χ4v) is 2.99. The van der Waals surface area contributed by atoms with E-state index in [9.17, 15) is 4.79 Å². The van der Waals surface area contributed by atoms with Gasteiger partial charge in [-0.05, 0) is 57.0 Å². The molecule has 0 bridgehead atoms. The third kappa shape index (κ3) is 4.62. The Morgan fingerprint density at radius 2 is 2.32 bits per heavy atom. The number of amides is 1. The molecule has 1 aromatic rings. The van der Waals surface area contributed by atoms with Crippen LogP contribution in [0.2, 0.25) is 5.02 Å². The first-order chi connectivity index (χ1) is 10.6. The number of carbonyl (C=O) groups is 1. The first-order valence-corrected chi connectivity index (χ1v) is 8.32. The number of benzene rings is 1. The van der Waals surface area contributed by atoms with Crippen LogP contribution in [0.5, 0.6) is 5.75 Å². The number of ether oxygens (including phenoxy) is 1. The van der Waals surface area contributed by atoms with Crippen molar-refractivity contribution < 1.29 is 9.53 Å². The topological polar surface area (TPSA) is 41.6 Å². The molecule has 1 fully saturated rings. The molecule has 1 aromatic carbocycles. The van der Waals surface area contributed by atoms with Crippen molar-refractivity contribution in [1.29, 1.82) is 0 Å². The van der Waals surface area contributed by atoms with E-state index in [1.54, 1.807) is 0 Å². The van der Waals surface area contributed by atoms with Crippen LogP contribution >= 0.6 is 11.6 Å².